The lowest BCUT2D eigenvalue weighted by Crippen LogP contribution is -2.43. The highest BCUT2D eigenvalue weighted by molar-refractivity contribution is 7.87. The van der Waals surface area contributed by atoms with E-state index in [1.54, 1.807) is 4.31 Å². The first kappa shape index (κ1) is 13.9. The van der Waals surface area contributed by atoms with Crippen LogP contribution in [0.1, 0.15) is 46.5 Å². The maximum Gasteiger partial charge on any atom is 0.279 e. The lowest BCUT2D eigenvalue weighted by atomic mass is 10.1. The van der Waals surface area contributed by atoms with E-state index in [-0.39, 0.29) is 6.04 Å². The van der Waals surface area contributed by atoms with Gasteiger partial charge in [-0.1, -0.05) is 13.8 Å². The van der Waals surface area contributed by atoms with Crippen molar-refractivity contribution in [2.24, 2.45) is 5.92 Å². The van der Waals surface area contributed by atoms with Crippen LogP contribution < -0.4 is 4.72 Å². The van der Waals surface area contributed by atoms with Gasteiger partial charge in [-0.3, -0.25) is 0 Å². The topological polar surface area (TPSA) is 49.4 Å². The zero-order valence-corrected chi connectivity index (χ0v) is 11.4. The predicted octanol–water partition coefficient (Wildman–Crippen LogP) is 1.74. The summed E-state index contributed by atoms with van der Waals surface area (Å²) in [6.07, 6.45) is 3.94. The highest BCUT2D eigenvalue weighted by Crippen LogP contribution is 2.13. The van der Waals surface area contributed by atoms with Crippen LogP contribution in [-0.2, 0) is 10.2 Å². The average Bonchev–Trinajstić information content (AvgIpc) is 2.67. The molecule has 0 aromatic rings. The molecule has 1 unspecified atom stereocenters. The van der Waals surface area contributed by atoms with Gasteiger partial charge in [0.15, 0.2) is 0 Å². The molecular weight excluding hydrogens is 224 g/mol. The highest BCUT2D eigenvalue weighted by Gasteiger charge is 2.26. The molecule has 1 aliphatic rings. The van der Waals surface area contributed by atoms with Gasteiger partial charge in [0.1, 0.15) is 0 Å². The third kappa shape index (κ3) is 4.39. The van der Waals surface area contributed by atoms with E-state index in [1.165, 1.54) is 0 Å². The van der Waals surface area contributed by atoms with Crippen LogP contribution in [0.4, 0.5) is 0 Å². The van der Waals surface area contributed by atoms with Crippen LogP contribution in [0.3, 0.4) is 0 Å². The van der Waals surface area contributed by atoms with E-state index in [0.29, 0.717) is 19.0 Å². The van der Waals surface area contributed by atoms with Crippen LogP contribution in [0.15, 0.2) is 0 Å². The average molecular weight is 248 g/mol. The Balaban J connectivity index is 2.39. The first-order valence-corrected chi connectivity index (χ1v) is 7.63. The lowest BCUT2D eigenvalue weighted by molar-refractivity contribution is 0.438. The van der Waals surface area contributed by atoms with Crippen molar-refractivity contribution < 1.29 is 8.42 Å². The summed E-state index contributed by atoms with van der Waals surface area (Å²) in [6, 6.07) is 0.0352. The maximum atomic E-state index is 11.9. The Morgan fingerprint density at radius 1 is 1.12 bits per heavy atom. The molecule has 0 bridgehead atoms. The Labute approximate surface area is 99.6 Å². The minimum absolute atomic E-state index is 0.0352. The van der Waals surface area contributed by atoms with Crippen molar-refractivity contribution in [2.45, 2.75) is 52.5 Å². The van der Waals surface area contributed by atoms with Crippen LogP contribution in [0.2, 0.25) is 0 Å². The van der Waals surface area contributed by atoms with Crippen LogP contribution in [0, 0.1) is 5.92 Å². The molecule has 1 saturated heterocycles. The summed E-state index contributed by atoms with van der Waals surface area (Å²) in [4.78, 5) is 0. The van der Waals surface area contributed by atoms with Crippen molar-refractivity contribution in [2.75, 3.05) is 13.1 Å². The fourth-order valence-electron chi connectivity index (χ4n) is 1.90. The van der Waals surface area contributed by atoms with Gasteiger partial charge in [0.2, 0.25) is 0 Å². The van der Waals surface area contributed by atoms with Crippen LogP contribution in [0.25, 0.3) is 0 Å². The van der Waals surface area contributed by atoms with Gasteiger partial charge in [0, 0.05) is 19.1 Å². The zero-order valence-electron chi connectivity index (χ0n) is 10.6. The lowest BCUT2D eigenvalue weighted by Gasteiger charge is -2.20. The first-order valence-electron chi connectivity index (χ1n) is 6.19. The standard InChI is InChI=1S/C11H24N2O2S/c1-10(2)6-7-11(3)12-16(14,15)13-8-4-5-9-13/h10-12H,4-9H2,1-3H3. The Hall–Kier alpha value is -0.130. The molecule has 4 nitrogen and oxygen atoms in total. The second-order valence-corrected chi connectivity index (χ2v) is 6.80. The van der Waals surface area contributed by atoms with Gasteiger partial charge in [-0.2, -0.15) is 17.4 Å². The molecule has 1 heterocycles. The fraction of sp³-hybridized carbons (Fsp3) is 1.00. The quantitative estimate of drug-likeness (QED) is 0.778. The van der Waals surface area contributed by atoms with Crippen LogP contribution >= 0.6 is 0 Å². The van der Waals surface area contributed by atoms with Crippen molar-refractivity contribution in [1.82, 2.24) is 9.03 Å². The van der Waals surface area contributed by atoms with Crippen molar-refractivity contribution in [1.29, 1.82) is 0 Å². The highest BCUT2D eigenvalue weighted by atomic mass is 32.2. The van der Waals surface area contributed by atoms with Gasteiger partial charge in [0.25, 0.3) is 10.2 Å². The molecule has 96 valence electrons. The van der Waals surface area contributed by atoms with E-state index >= 15 is 0 Å². The van der Waals surface area contributed by atoms with Gasteiger partial charge in [0.05, 0.1) is 0 Å². The van der Waals surface area contributed by atoms with Gasteiger partial charge in [-0.25, -0.2) is 0 Å². The molecule has 16 heavy (non-hydrogen) atoms. The molecule has 1 fully saturated rings. The molecular formula is C11H24N2O2S. The molecule has 1 aliphatic heterocycles. The summed E-state index contributed by atoms with van der Waals surface area (Å²) in [5.41, 5.74) is 0. The van der Waals surface area contributed by atoms with Gasteiger partial charge in [-0.15, -0.1) is 0 Å². The number of nitrogens with zero attached hydrogens (tertiary/aromatic N) is 1. The predicted molar refractivity (Wildman–Crippen MR) is 66.4 cm³/mol. The Morgan fingerprint density at radius 3 is 2.19 bits per heavy atom. The summed E-state index contributed by atoms with van der Waals surface area (Å²) in [7, 11) is -3.22. The fourth-order valence-corrected chi connectivity index (χ4v) is 3.41. The smallest absolute Gasteiger partial charge is 0.199 e. The third-order valence-electron chi connectivity index (χ3n) is 2.93. The normalized spacial score (nSPS) is 20.5. The Bertz CT molecular complexity index is 295. The van der Waals surface area contributed by atoms with E-state index in [4.69, 9.17) is 0 Å². The summed E-state index contributed by atoms with van der Waals surface area (Å²) < 4.78 is 28.1. The van der Waals surface area contributed by atoms with Crippen molar-refractivity contribution in [3.8, 4) is 0 Å². The molecule has 0 amide bonds. The van der Waals surface area contributed by atoms with Crippen molar-refractivity contribution in [3.63, 3.8) is 0 Å². The summed E-state index contributed by atoms with van der Waals surface area (Å²) >= 11 is 0. The summed E-state index contributed by atoms with van der Waals surface area (Å²) in [5.74, 6) is 0.624. The molecule has 5 heteroatoms. The second kappa shape index (κ2) is 5.98. The molecule has 1 atom stereocenters. The minimum atomic E-state index is -3.22. The summed E-state index contributed by atoms with van der Waals surface area (Å²) in [5, 5.41) is 0. The van der Waals surface area contributed by atoms with Gasteiger partial charge < -0.3 is 0 Å². The summed E-state index contributed by atoms with van der Waals surface area (Å²) in [6.45, 7) is 7.60. The van der Waals surface area contributed by atoms with E-state index in [1.807, 2.05) is 6.92 Å². The van der Waals surface area contributed by atoms with E-state index in [2.05, 4.69) is 18.6 Å². The van der Waals surface area contributed by atoms with E-state index in [0.717, 1.165) is 25.7 Å². The van der Waals surface area contributed by atoms with Gasteiger partial charge in [-0.05, 0) is 38.5 Å². The van der Waals surface area contributed by atoms with Crippen molar-refractivity contribution in [3.05, 3.63) is 0 Å². The van der Waals surface area contributed by atoms with Gasteiger partial charge >= 0.3 is 0 Å². The number of hydrogen-bond donors (Lipinski definition) is 1. The van der Waals surface area contributed by atoms with Crippen LogP contribution in [0.5, 0.6) is 0 Å². The zero-order chi connectivity index (χ0) is 12.2. The SMILES string of the molecule is CC(C)CCC(C)NS(=O)(=O)N1CCCC1. The Morgan fingerprint density at radius 2 is 1.69 bits per heavy atom. The van der Waals surface area contributed by atoms with Crippen LogP contribution in [-0.4, -0.2) is 31.9 Å². The van der Waals surface area contributed by atoms with Crippen molar-refractivity contribution >= 4 is 10.2 Å². The largest absolute Gasteiger partial charge is 0.279 e. The molecule has 1 rings (SSSR count). The molecule has 1 N–H and O–H groups in total. The van der Waals surface area contributed by atoms with E-state index in [9.17, 15) is 8.42 Å². The number of nitrogens with one attached hydrogen (secondary N) is 1. The third-order valence-corrected chi connectivity index (χ3v) is 4.68. The molecule has 0 saturated carbocycles. The monoisotopic (exact) mass is 248 g/mol. The molecule has 0 aliphatic carbocycles. The molecule has 0 spiro atoms. The molecule has 0 radical (unpaired) electrons. The van der Waals surface area contributed by atoms with E-state index < -0.39 is 10.2 Å². The number of rotatable bonds is 6. The molecule has 0 aromatic carbocycles. The second-order valence-electron chi connectivity index (χ2n) is 5.10. The maximum absolute atomic E-state index is 11.9. The molecule has 0 aromatic heterocycles. The Kier molecular flexibility index (Phi) is 5.21. The first-order chi connectivity index (χ1) is 7.42. The minimum Gasteiger partial charge on any atom is -0.199 e. The number of hydrogen-bond acceptors (Lipinski definition) is 2.